The number of ether oxygens (including phenoxy) is 3. The fourth-order valence-electron chi connectivity index (χ4n) is 2.44. The Labute approximate surface area is 149 Å². The number of esters is 1. The Morgan fingerprint density at radius 1 is 1.08 bits per heavy atom. The summed E-state index contributed by atoms with van der Waals surface area (Å²) < 4.78 is 15.6. The van der Waals surface area contributed by atoms with Crippen LogP contribution in [0.5, 0.6) is 11.5 Å². The topological polar surface area (TPSA) is 90.9 Å². The fourth-order valence-corrected chi connectivity index (χ4v) is 2.44. The predicted octanol–water partition coefficient (Wildman–Crippen LogP) is 2.80. The molecule has 1 aliphatic heterocycles. The number of benzene rings is 2. The van der Waals surface area contributed by atoms with Crippen LogP contribution in [0.3, 0.4) is 0 Å². The van der Waals surface area contributed by atoms with Gasteiger partial charge in [0.25, 0.3) is 5.91 Å². The average molecular weight is 355 g/mol. The summed E-state index contributed by atoms with van der Waals surface area (Å²) >= 11 is 0. The first-order valence-corrected chi connectivity index (χ1v) is 7.97. The lowest BCUT2D eigenvalue weighted by Gasteiger charge is -2.15. The van der Waals surface area contributed by atoms with E-state index >= 15 is 0 Å². The molecule has 0 aromatic heterocycles. The van der Waals surface area contributed by atoms with Crippen LogP contribution in [0.1, 0.15) is 34.6 Å². The summed E-state index contributed by atoms with van der Waals surface area (Å²) in [6.45, 7) is 2.97. The van der Waals surface area contributed by atoms with Crippen molar-refractivity contribution in [3.63, 3.8) is 0 Å². The predicted molar refractivity (Wildman–Crippen MR) is 92.5 cm³/mol. The van der Waals surface area contributed by atoms with Gasteiger partial charge in [-0.2, -0.15) is 0 Å². The number of rotatable bonds is 5. The van der Waals surface area contributed by atoms with Crippen molar-refractivity contribution in [1.29, 1.82) is 0 Å². The standard InChI is InChI=1S/C19H17NO6/c1-11(21)14-5-3-4-6-15(14)20-18(22)12(2)26-19(23)13-7-8-16-17(9-13)25-10-24-16/h3-9,12H,10H2,1-2H3,(H,20,22). The van der Waals surface area contributed by atoms with E-state index in [1.807, 2.05) is 0 Å². The smallest absolute Gasteiger partial charge is 0.339 e. The van der Waals surface area contributed by atoms with E-state index in [0.717, 1.165) is 0 Å². The monoisotopic (exact) mass is 355 g/mol. The zero-order chi connectivity index (χ0) is 18.7. The van der Waals surface area contributed by atoms with Gasteiger partial charge in [0.15, 0.2) is 23.4 Å². The Morgan fingerprint density at radius 3 is 2.58 bits per heavy atom. The summed E-state index contributed by atoms with van der Waals surface area (Å²) in [5.74, 6) is -0.371. The third kappa shape index (κ3) is 3.66. The van der Waals surface area contributed by atoms with Gasteiger partial charge in [0.05, 0.1) is 11.3 Å². The van der Waals surface area contributed by atoms with Gasteiger partial charge < -0.3 is 19.5 Å². The van der Waals surface area contributed by atoms with Gasteiger partial charge in [0.1, 0.15) is 0 Å². The fraction of sp³-hybridized carbons (Fsp3) is 0.211. The molecule has 0 saturated carbocycles. The lowest BCUT2D eigenvalue weighted by atomic mass is 10.1. The highest BCUT2D eigenvalue weighted by molar-refractivity contribution is 6.05. The number of fused-ring (bicyclic) bond motifs is 1. The summed E-state index contributed by atoms with van der Waals surface area (Å²) in [6, 6.07) is 11.3. The highest BCUT2D eigenvalue weighted by Gasteiger charge is 2.22. The minimum absolute atomic E-state index is 0.0994. The highest BCUT2D eigenvalue weighted by Crippen LogP contribution is 2.32. The van der Waals surface area contributed by atoms with Gasteiger partial charge in [0, 0.05) is 5.56 Å². The first-order chi connectivity index (χ1) is 12.5. The molecule has 2 aromatic carbocycles. The molecule has 1 N–H and O–H groups in total. The largest absolute Gasteiger partial charge is 0.454 e. The molecule has 134 valence electrons. The number of hydrogen-bond donors (Lipinski definition) is 1. The molecule has 0 aliphatic carbocycles. The lowest BCUT2D eigenvalue weighted by Crippen LogP contribution is -2.30. The Kier molecular flexibility index (Phi) is 4.88. The van der Waals surface area contributed by atoms with Crippen molar-refractivity contribution in [1.82, 2.24) is 0 Å². The zero-order valence-electron chi connectivity index (χ0n) is 14.3. The number of carbonyl (C=O) groups excluding carboxylic acids is 3. The molecule has 0 saturated heterocycles. The summed E-state index contributed by atoms with van der Waals surface area (Å²) in [4.78, 5) is 36.1. The molecule has 1 aliphatic rings. The second-order valence-corrected chi connectivity index (χ2v) is 5.71. The maximum absolute atomic E-state index is 12.3. The molecular weight excluding hydrogens is 338 g/mol. The van der Waals surface area contributed by atoms with Gasteiger partial charge in [-0.25, -0.2) is 4.79 Å². The third-order valence-electron chi connectivity index (χ3n) is 3.83. The number of ketones is 1. The maximum atomic E-state index is 12.3. The molecule has 7 nitrogen and oxygen atoms in total. The number of anilines is 1. The lowest BCUT2D eigenvalue weighted by molar-refractivity contribution is -0.123. The van der Waals surface area contributed by atoms with Crippen LogP contribution in [0.4, 0.5) is 5.69 Å². The van der Waals surface area contributed by atoms with Crippen LogP contribution in [0.15, 0.2) is 42.5 Å². The van der Waals surface area contributed by atoms with Crippen molar-refractivity contribution < 1.29 is 28.6 Å². The zero-order valence-corrected chi connectivity index (χ0v) is 14.3. The van der Waals surface area contributed by atoms with Gasteiger partial charge in [-0.3, -0.25) is 9.59 Å². The molecule has 0 bridgehead atoms. The summed E-state index contributed by atoms with van der Waals surface area (Å²) in [5, 5.41) is 2.61. The minimum atomic E-state index is -1.05. The molecular formula is C19H17NO6. The number of Topliss-reactive ketones (excluding diaryl/α,β-unsaturated/α-hetero) is 1. The van der Waals surface area contributed by atoms with Crippen LogP contribution in [-0.4, -0.2) is 30.6 Å². The van der Waals surface area contributed by atoms with Crippen molar-refractivity contribution >= 4 is 23.3 Å². The molecule has 0 radical (unpaired) electrons. The maximum Gasteiger partial charge on any atom is 0.339 e. The number of hydrogen-bond acceptors (Lipinski definition) is 6. The normalized spacial score (nSPS) is 13.0. The Balaban J connectivity index is 1.66. The van der Waals surface area contributed by atoms with Gasteiger partial charge >= 0.3 is 5.97 Å². The van der Waals surface area contributed by atoms with Crippen molar-refractivity contribution in [3.05, 3.63) is 53.6 Å². The first-order valence-electron chi connectivity index (χ1n) is 7.97. The van der Waals surface area contributed by atoms with Gasteiger partial charge in [-0.15, -0.1) is 0 Å². The van der Waals surface area contributed by atoms with E-state index in [1.165, 1.54) is 26.0 Å². The van der Waals surface area contributed by atoms with Crippen LogP contribution < -0.4 is 14.8 Å². The van der Waals surface area contributed by atoms with Crippen LogP contribution in [0.2, 0.25) is 0 Å². The van der Waals surface area contributed by atoms with Crippen LogP contribution in [-0.2, 0) is 9.53 Å². The number of carbonyl (C=O) groups is 3. The Bertz CT molecular complexity index is 876. The van der Waals surface area contributed by atoms with E-state index in [4.69, 9.17) is 14.2 Å². The molecule has 0 spiro atoms. The van der Waals surface area contributed by atoms with E-state index in [2.05, 4.69) is 5.32 Å². The van der Waals surface area contributed by atoms with Crippen molar-refractivity contribution in [2.24, 2.45) is 0 Å². The van der Waals surface area contributed by atoms with E-state index < -0.39 is 18.0 Å². The van der Waals surface area contributed by atoms with Gasteiger partial charge in [-0.05, 0) is 44.2 Å². The van der Waals surface area contributed by atoms with Crippen LogP contribution in [0.25, 0.3) is 0 Å². The highest BCUT2D eigenvalue weighted by atomic mass is 16.7. The second kappa shape index (κ2) is 7.26. The van der Waals surface area contributed by atoms with Crippen molar-refractivity contribution in [2.45, 2.75) is 20.0 Å². The average Bonchev–Trinajstić information content (AvgIpc) is 3.09. The van der Waals surface area contributed by atoms with E-state index in [1.54, 1.807) is 30.3 Å². The minimum Gasteiger partial charge on any atom is -0.454 e. The second-order valence-electron chi connectivity index (χ2n) is 5.71. The number of para-hydroxylation sites is 1. The van der Waals surface area contributed by atoms with Crippen molar-refractivity contribution in [2.75, 3.05) is 12.1 Å². The molecule has 1 amide bonds. The molecule has 3 rings (SSSR count). The summed E-state index contributed by atoms with van der Waals surface area (Å²) in [7, 11) is 0. The first kappa shape index (κ1) is 17.5. The molecule has 1 atom stereocenters. The van der Waals surface area contributed by atoms with E-state index in [9.17, 15) is 14.4 Å². The number of nitrogens with one attached hydrogen (secondary N) is 1. The Hall–Kier alpha value is -3.35. The van der Waals surface area contributed by atoms with Gasteiger partial charge in [-0.1, -0.05) is 12.1 Å². The van der Waals surface area contributed by atoms with E-state index in [0.29, 0.717) is 22.7 Å². The number of amides is 1. The quantitative estimate of drug-likeness (QED) is 0.655. The molecule has 1 heterocycles. The summed E-state index contributed by atoms with van der Waals surface area (Å²) in [5.41, 5.74) is 1.00. The SMILES string of the molecule is CC(=O)c1ccccc1NC(=O)C(C)OC(=O)c1ccc2c(c1)OCO2. The molecule has 0 fully saturated rings. The van der Waals surface area contributed by atoms with E-state index in [-0.39, 0.29) is 18.1 Å². The van der Waals surface area contributed by atoms with Gasteiger partial charge in [0.2, 0.25) is 6.79 Å². The van der Waals surface area contributed by atoms with Crippen LogP contribution >= 0.6 is 0 Å². The molecule has 1 unspecified atom stereocenters. The Morgan fingerprint density at radius 2 is 1.81 bits per heavy atom. The molecule has 7 heteroatoms. The third-order valence-corrected chi connectivity index (χ3v) is 3.83. The summed E-state index contributed by atoms with van der Waals surface area (Å²) in [6.07, 6.45) is -1.05. The molecule has 2 aromatic rings. The van der Waals surface area contributed by atoms with Crippen LogP contribution in [0, 0.1) is 0 Å². The van der Waals surface area contributed by atoms with Crippen molar-refractivity contribution in [3.8, 4) is 11.5 Å². The molecule has 26 heavy (non-hydrogen) atoms.